The molecule has 9 heteroatoms. The van der Waals surface area contributed by atoms with E-state index < -0.39 is 30.0 Å². The third kappa shape index (κ3) is 2.68. The molecular formula is C11H12F3N3O3. The summed E-state index contributed by atoms with van der Waals surface area (Å²) < 4.78 is 37.9. The topological polar surface area (TPSA) is 99.7 Å². The predicted octanol–water partition coefficient (Wildman–Crippen LogP) is -0.259. The van der Waals surface area contributed by atoms with Gasteiger partial charge in [-0.25, -0.2) is 4.98 Å². The van der Waals surface area contributed by atoms with Gasteiger partial charge < -0.3 is 20.8 Å². The number of rotatable bonds is 2. The van der Waals surface area contributed by atoms with Crippen molar-refractivity contribution in [3.05, 3.63) is 23.4 Å². The Balaban J connectivity index is 2.45. The molecule has 1 aromatic rings. The maximum atomic E-state index is 12.6. The number of carbonyl (C=O) groups is 1. The summed E-state index contributed by atoms with van der Waals surface area (Å²) in [5.74, 6) is -1.22. The second-order valence-corrected chi connectivity index (χ2v) is 4.47. The van der Waals surface area contributed by atoms with Crippen molar-refractivity contribution in [3.63, 3.8) is 0 Å². The van der Waals surface area contributed by atoms with Gasteiger partial charge in [-0.05, 0) is 12.1 Å². The van der Waals surface area contributed by atoms with Gasteiger partial charge in [0.25, 0.3) is 5.91 Å². The molecule has 1 aromatic heterocycles. The van der Waals surface area contributed by atoms with Crippen LogP contribution in [0.4, 0.5) is 19.0 Å². The van der Waals surface area contributed by atoms with Crippen molar-refractivity contribution >= 4 is 11.7 Å². The van der Waals surface area contributed by atoms with Gasteiger partial charge in [-0.15, -0.1) is 0 Å². The largest absolute Gasteiger partial charge is 0.433 e. The summed E-state index contributed by atoms with van der Waals surface area (Å²) in [6, 6.07) is 1.59. The molecule has 2 unspecified atom stereocenters. The fraction of sp³-hybridized carbons (Fsp3) is 0.455. The molecule has 0 aromatic carbocycles. The summed E-state index contributed by atoms with van der Waals surface area (Å²) in [6.07, 6.45) is -6.90. The highest BCUT2D eigenvalue weighted by Crippen LogP contribution is 2.31. The zero-order valence-corrected chi connectivity index (χ0v) is 10.1. The van der Waals surface area contributed by atoms with Gasteiger partial charge in [0, 0.05) is 13.1 Å². The van der Waals surface area contributed by atoms with Crippen LogP contribution in [0.5, 0.6) is 0 Å². The van der Waals surface area contributed by atoms with Crippen molar-refractivity contribution < 1.29 is 28.2 Å². The molecule has 1 aliphatic heterocycles. The Kier molecular flexibility index (Phi) is 3.57. The minimum Gasteiger partial charge on any atom is -0.389 e. The van der Waals surface area contributed by atoms with E-state index in [9.17, 15) is 28.2 Å². The average Bonchev–Trinajstić information content (AvgIpc) is 2.67. The Morgan fingerprint density at radius 1 is 1.30 bits per heavy atom. The number of amides is 1. The molecule has 20 heavy (non-hydrogen) atoms. The third-order valence-electron chi connectivity index (χ3n) is 2.99. The highest BCUT2D eigenvalue weighted by atomic mass is 19.4. The molecule has 0 bridgehead atoms. The maximum absolute atomic E-state index is 12.6. The lowest BCUT2D eigenvalue weighted by Gasteiger charge is -2.20. The van der Waals surface area contributed by atoms with E-state index in [0.717, 1.165) is 6.07 Å². The molecule has 0 saturated carbocycles. The maximum Gasteiger partial charge on any atom is 0.433 e. The van der Waals surface area contributed by atoms with Crippen molar-refractivity contribution in [1.29, 1.82) is 0 Å². The number of hydrogen-bond donors (Lipinski definition) is 3. The first-order valence-electron chi connectivity index (χ1n) is 5.69. The van der Waals surface area contributed by atoms with Crippen molar-refractivity contribution in [2.75, 3.05) is 18.0 Å². The van der Waals surface area contributed by atoms with Crippen molar-refractivity contribution in [2.24, 2.45) is 5.73 Å². The third-order valence-corrected chi connectivity index (χ3v) is 2.99. The van der Waals surface area contributed by atoms with Crippen LogP contribution in [0.1, 0.15) is 16.1 Å². The van der Waals surface area contributed by atoms with Crippen molar-refractivity contribution in [3.8, 4) is 0 Å². The fourth-order valence-electron chi connectivity index (χ4n) is 1.98. The molecule has 1 fully saturated rings. The van der Waals surface area contributed by atoms with Gasteiger partial charge in [-0.2, -0.15) is 13.2 Å². The molecule has 1 aliphatic rings. The van der Waals surface area contributed by atoms with Gasteiger partial charge in [0.2, 0.25) is 0 Å². The molecular weight excluding hydrogens is 279 g/mol. The van der Waals surface area contributed by atoms with E-state index in [0.29, 0.717) is 6.07 Å². The lowest BCUT2D eigenvalue weighted by molar-refractivity contribution is -0.141. The number of β-amino-alcohol motifs (C(OH)–C–C–N with tert-alkyl or cyclic N) is 2. The molecule has 2 atom stereocenters. The standard InChI is InChI=1S/C11H12F3N3O3/c12-11(13,14)8-2-1-5(9(15)20)10(16-8)17-3-6(18)7(19)4-17/h1-2,6-7,18-19H,3-4H2,(H2,15,20). The normalized spacial score (nSPS) is 23.1. The predicted molar refractivity (Wildman–Crippen MR) is 62.0 cm³/mol. The second kappa shape index (κ2) is 4.91. The first kappa shape index (κ1) is 14.5. The molecule has 2 rings (SSSR count). The van der Waals surface area contributed by atoms with Crippen LogP contribution in [0.15, 0.2) is 12.1 Å². The van der Waals surface area contributed by atoms with Crippen molar-refractivity contribution in [1.82, 2.24) is 4.98 Å². The summed E-state index contributed by atoms with van der Waals surface area (Å²) in [5.41, 5.74) is 3.73. The number of aliphatic hydroxyl groups is 2. The lowest BCUT2D eigenvalue weighted by Crippen LogP contribution is -2.27. The zero-order valence-electron chi connectivity index (χ0n) is 10.1. The van der Waals surface area contributed by atoms with Crippen LogP contribution in [0, 0.1) is 0 Å². The number of aliphatic hydroxyl groups excluding tert-OH is 2. The quantitative estimate of drug-likeness (QED) is 0.697. The van der Waals surface area contributed by atoms with Crippen molar-refractivity contribution in [2.45, 2.75) is 18.4 Å². The second-order valence-electron chi connectivity index (χ2n) is 4.47. The summed E-state index contributed by atoms with van der Waals surface area (Å²) in [4.78, 5) is 15.8. The van der Waals surface area contributed by atoms with Crippen LogP contribution < -0.4 is 10.6 Å². The number of hydrogen-bond acceptors (Lipinski definition) is 5. The van der Waals surface area contributed by atoms with Gasteiger partial charge in [0.1, 0.15) is 11.5 Å². The smallest absolute Gasteiger partial charge is 0.389 e. The minimum atomic E-state index is -4.66. The van der Waals surface area contributed by atoms with E-state index >= 15 is 0 Å². The summed E-state index contributed by atoms with van der Waals surface area (Å²) >= 11 is 0. The number of primary amides is 1. The lowest BCUT2D eigenvalue weighted by atomic mass is 10.2. The molecule has 1 saturated heterocycles. The van der Waals surface area contributed by atoms with Gasteiger partial charge in [-0.3, -0.25) is 4.79 Å². The Hall–Kier alpha value is -1.87. The zero-order chi connectivity index (χ0) is 15.1. The highest BCUT2D eigenvalue weighted by Gasteiger charge is 2.36. The number of aromatic nitrogens is 1. The number of nitrogens with two attached hydrogens (primary N) is 1. The molecule has 0 aliphatic carbocycles. The minimum absolute atomic E-state index is 0.129. The van der Waals surface area contributed by atoms with E-state index in [-0.39, 0.29) is 24.5 Å². The van der Waals surface area contributed by atoms with E-state index in [1.807, 2.05) is 0 Å². The Labute approximate surface area is 111 Å². The molecule has 2 heterocycles. The monoisotopic (exact) mass is 291 g/mol. The summed E-state index contributed by atoms with van der Waals surface area (Å²) in [5, 5.41) is 18.9. The highest BCUT2D eigenvalue weighted by molar-refractivity contribution is 5.97. The number of anilines is 1. The molecule has 0 spiro atoms. The number of carbonyl (C=O) groups excluding carboxylic acids is 1. The van der Waals surface area contributed by atoms with Crippen LogP contribution in [0.25, 0.3) is 0 Å². The van der Waals surface area contributed by atoms with Gasteiger partial charge in [0.05, 0.1) is 17.8 Å². The first-order chi connectivity index (χ1) is 9.20. The first-order valence-corrected chi connectivity index (χ1v) is 5.69. The van der Waals surface area contributed by atoms with Crippen LogP contribution >= 0.6 is 0 Å². The van der Waals surface area contributed by atoms with Crippen LogP contribution in [0.3, 0.4) is 0 Å². The number of pyridine rings is 1. The van der Waals surface area contributed by atoms with Crippen LogP contribution in [-0.4, -0.2) is 46.4 Å². The molecule has 110 valence electrons. The van der Waals surface area contributed by atoms with Crippen LogP contribution in [0.2, 0.25) is 0 Å². The Morgan fingerprint density at radius 3 is 2.30 bits per heavy atom. The molecule has 4 N–H and O–H groups in total. The Bertz CT molecular complexity index is 525. The summed E-state index contributed by atoms with van der Waals surface area (Å²) in [7, 11) is 0. The average molecular weight is 291 g/mol. The number of alkyl halides is 3. The molecule has 1 amide bonds. The summed E-state index contributed by atoms with van der Waals surface area (Å²) in [6.45, 7) is -0.258. The van der Waals surface area contributed by atoms with E-state index in [1.54, 1.807) is 0 Å². The Morgan fingerprint density at radius 2 is 1.85 bits per heavy atom. The van der Waals surface area contributed by atoms with Crippen LogP contribution in [-0.2, 0) is 6.18 Å². The van der Waals surface area contributed by atoms with E-state index in [1.165, 1.54) is 4.90 Å². The molecule has 0 radical (unpaired) electrons. The van der Waals surface area contributed by atoms with Gasteiger partial charge in [-0.1, -0.05) is 0 Å². The van der Waals surface area contributed by atoms with Gasteiger partial charge >= 0.3 is 6.18 Å². The number of halogens is 3. The fourth-order valence-corrected chi connectivity index (χ4v) is 1.98. The molecule has 6 nitrogen and oxygen atoms in total. The number of nitrogens with zero attached hydrogens (tertiary/aromatic N) is 2. The SMILES string of the molecule is NC(=O)c1ccc(C(F)(F)F)nc1N1CC(O)C(O)C1. The van der Waals surface area contributed by atoms with E-state index in [4.69, 9.17) is 5.73 Å². The van der Waals surface area contributed by atoms with E-state index in [2.05, 4.69) is 4.98 Å². The van der Waals surface area contributed by atoms with Gasteiger partial charge in [0.15, 0.2) is 0 Å².